The number of nitrogens with zero attached hydrogens (tertiary/aromatic N) is 1. The summed E-state index contributed by atoms with van der Waals surface area (Å²) in [5.74, 6) is -2.00. The van der Waals surface area contributed by atoms with Crippen molar-refractivity contribution in [1.82, 2.24) is 0 Å². The maximum Gasteiger partial charge on any atom is 0.259 e. The first-order valence-corrected chi connectivity index (χ1v) is 6.18. The lowest BCUT2D eigenvalue weighted by molar-refractivity contribution is 0.102. The first-order chi connectivity index (χ1) is 9.42. The summed E-state index contributed by atoms with van der Waals surface area (Å²) in [4.78, 5) is 12.0. The molecule has 0 spiro atoms. The highest BCUT2D eigenvalue weighted by Gasteiger charge is 2.18. The summed E-state index contributed by atoms with van der Waals surface area (Å²) in [6.07, 6.45) is 0. The summed E-state index contributed by atoms with van der Waals surface area (Å²) in [5, 5.41) is 10.9. The highest BCUT2D eigenvalue weighted by Crippen LogP contribution is 2.25. The van der Waals surface area contributed by atoms with Crippen LogP contribution in [0.15, 0.2) is 27.1 Å². The van der Waals surface area contributed by atoms with E-state index in [0.29, 0.717) is 0 Å². The number of rotatable bonds is 2. The molecular weight excluding hydrogens is 334 g/mol. The summed E-state index contributed by atoms with van der Waals surface area (Å²) < 4.78 is 31.8. The number of benzene rings is 1. The van der Waals surface area contributed by atoms with Crippen molar-refractivity contribution in [2.75, 3.05) is 5.32 Å². The van der Waals surface area contributed by atoms with Gasteiger partial charge in [-0.15, -0.1) is 0 Å². The number of carbonyl (C=O) groups is 1. The van der Waals surface area contributed by atoms with Gasteiger partial charge in [0.1, 0.15) is 17.6 Å². The van der Waals surface area contributed by atoms with Crippen LogP contribution >= 0.6 is 15.9 Å². The first-order valence-electron chi connectivity index (χ1n) is 5.38. The van der Waals surface area contributed by atoms with Crippen molar-refractivity contribution in [3.63, 3.8) is 0 Å². The summed E-state index contributed by atoms with van der Waals surface area (Å²) >= 11 is 2.84. The standard InChI is InChI=1S/C13H7BrF2N2O2/c1-6-9(4-8(5-17)20-6)13(19)18-11-3-7(15)2-10(14)12(11)16/h2-4H,1H3,(H,18,19). The number of amides is 1. The molecule has 0 aliphatic rings. The maximum atomic E-state index is 13.7. The Balaban J connectivity index is 2.33. The molecule has 4 nitrogen and oxygen atoms in total. The van der Waals surface area contributed by atoms with Crippen LogP contribution in [0, 0.1) is 29.9 Å². The van der Waals surface area contributed by atoms with Crippen LogP contribution in [0.1, 0.15) is 21.9 Å². The van der Waals surface area contributed by atoms with E-state index in [4.69, 9.17) is 9.68 Å². The van der Waals surface area contributed by atoms with Gasteiger partial charge in [0.2, 0.25) is 5.76 Å². The molecule has 0 aliphatic carbocycles. The van der Waals surface area contributed by atoms with E-state index in [-0.39, 0.29) is 27.2 Å². The number of carbonyl (C=O) groups excluding carboxylic acids is 1. The monoisotopic (exact) mass is 340 g/mol. The maximum absolute atomic E-state index is 13.7. The third kappa shape index (κ3) is 2.70. The summed E-state index contributed by atoms with van der Waals surface area (Å²) in [5.41, 5.74) is -0.220. The quantitative estimate of drug-likeness (QED) is 0.846. The van der Waals surface area contributed by atoms with E-state index >= 15 is 0 Å². The Kier molecular flexibility index (Phi) is 3.86. The lowest BCUT2D eigenvalue weighted by Gasteiger charge is -2.07. The molecule has 0 atom stereocenters. The minimum absolute atomic E-state index is 0.0338. The van der Waals surface area contributed by atoms with Crippen LogP contribution in [-0.4, -0.2) is 5.91 Å². The number of halogens is 3. The highest BCUT2D eigenvalue weighted by molar-refractivity contribution is 9.10. The third-order valence-electron chi connectivity index (χ3n) is 2.51. The van der Waals surface area contributed by atoms with Gasteiger partial charge in [0.25, 0.3) is 5.91 Å². The molecule has 0 saturated carbocycles. The van der Waals surface area contributed by atoms with Crippen LogP contribution in [0.3, 0.4) is 0 Å². The molecule has 0 aliphatic heterocycles. The van der Waals surface area contributed by atoms with Gasteiger partial charge in [-0.2, -0.15) is 5.26 Å². The molecule has 1 aromatic carbocycles. The van der Waals surface area contributed by atoms with Gasteiger partial charge in [0.15, 0.2) is 5.82 Å². The summed E-state index contributed by atoms with van der Waals surface area (Å²) in [6.45, 7) is 1.49. The molecule has 2 rings (SSSR count). The Morgan fingerprint density at radius 1 is 1.40 bits per heavy atom. The number of nitriles is 1. The molecule has 1 aromatic heterocycles. The highest BCUT2D eigenvalue weighted by atomic mass is 79.9. The number of furan rings is 1. The Labute approximate surface area is 121 Å². The van der Waals surface area contributed by atoms with Crippen molar-refractivity contribution in [2.24, 2.45) is 0 Å². The van der Waals surface area contributed by atoms with E-state index in [1.54, 1.807) is 6.07 Å². The predicted molar refractivity (Wildman–Crippen MR) is 70.2 cm³/mol. The van der Waals surface area contributed by atoms with Crippen LogP contribution in [0.2, 0.25) is 0 Å². The van der Waals surface area contributed by atoms with Crippen LogP contribution in [-0.2, 0) is 0 Å². The molecule has 0 fully saturated rings. The van der Waals surface area contributed by atoms with Gasteiger partial charge in [0, 0.05) is 12.1 Å². The average molecular weight is 341 g/mol. The lowest BCUT2D eigenvalue weighted by Crippen LogP contribution is -2.13. The van der Waals surface area contributed by atoms with Gasteiger partial charge in [-0.3, -0.25) is 4.79 Å². The fourth-order valence-electron chi connectivity index (χ4n) is 1.60. The molecule has 1 N–H and O–H groups in total. The number of aryl methyl sites for hydroxylation is 1. The van der Waals surface area contributed by atoms with Crippen LogP contribution in [0.5, 0.6) is 0 Å². The van der Waals surface area contributed by atoms with Gasteiger partial charge < -0.3 is 9.73 Å². The molecule has 0 bridgehead atoms. The van der Waals surface area contributed by atoms with Crippen molar-refractivity contribution in [3.8, 4) is 6.07 Å². The van der Waals surface area contributed by atoms with E-state index in [2.05, 4.69) is 21.2 Å². The number of anilines is 1. The van der Waals surface area contributed by atoms with Gasteiger partial charge in [-0.1, -0.05) is 0 Å². The van der Waals surface area contributed by atoms with Crippen molar-refractivity contribution >= 4 is 27.5 Å². The SMILES string of the molecule is Cc1oc(C#N)cc1C(=O)Nc1cc(F)cc(Br)c1F. The number of hydrogen-bond acceptors (Lipinski definition) is 3. The Morgan fingerprint density at radius 3 is 2.70 bits per heavy atom. The second kappa shape index (κ2) is 5.43. The molecule has 20 heavy (non-hydrogen) atoms. The second-order valence-electron chi connectivity index (χ2n) is 3.90. The normalized spacial score (nSPS) is 10.2. The zero-order chi connectivity index (χ0) is 14.9. The minimum atomic E-state index is -0.790. The van der Waals surface area contributed by atoms with E-state index < -0.39 is 17.5 Å². The van der Waals surface area contributed by atoms with E-state index in [9.17, 15) is 13.6 Å². The molecular formula is C13H7BrF2N2O2. The summed E-state index contributed by atoms with van der Waals surface area (Å²) in [7, 11) is 0. The lowest BCUT2D eigenvalue weighted by atomic mass is 10.2. The predicted octanol–water partition coefficient (Wildman–Crippen LogP) is 3.75. The molecule has 1 heterocycles. The zero-order valence-corrected chi connectivity index (χ0v) is 11.7. The second-order valence-corrected chi connectivity index (χ2v) is 4.75. The van der Waals surface area contributed by atoms with Gasteiger partial charge in [-0.05, 0) is 28.9 Å². The Morgan fingerprint density at radius 2 is 2.10 bits per heavy atom. The van der Waals surface area contributed by atoms with Crippen molar-refractivity contribution in [1.29, 1.82) is 5.26 Å². The topological polar surface area (TPSA) is 66.0 Å². The molecule has 7 heteroatoms. The van der Waals surface area contributed by atoms with Gasteiger partial charge in [-0.25, -0.2) is 8.78 Å². The molecule has 2 aromatic rings. The van der Waals surface area contributed by atoms with Crippen LogP contribution in [0.25, 0.3) is 0 Å². The average Bonchev–Trinajstić information content (AvgIpc) is 2.76. The van der Waals surface area contributed by atoms with E-state index in [1.807, 2.05) is 0 Å². The van der Waals surface area contributed by atoms with E-state index in [0.717, 1.165) is 12.1 Å². The number of nitrogens with one attached hydrogen (secondary N) is 1. The smallest absolute Gasteiger partial charge is 0.259 e. The van der Waals surface area contributed by atoms with Crippen molar-refractivity contribution in [3.05, 3.63) is 51.4 Å². The van der Waals surface area contributed by atoms with Crippen molar-refractivity contribution < 1.29 is 18.0 Å². The van der Waals surface area contributed by atoms with Crippen LogP contribution < -0.4 is 5.32 Å². The summed E-state index contributed by atoms with van der Waals surface area (Å²) in [6, 6.07) is 4.79. The molecule has 0 radical (unpaired) electrons. The zero-order valence-electron chi connectivity index (χ0n) is 10.1. The fraction of sp³-hybridized carbons (Fsp3) is 0.0769. The number of hydrogen-bond donors (Lipinski definition) is 1. The van der Waals surface area contributed by atoms with Gasteiger partial charge in [0.05, 0.1) is 15.7 Å². The molecule has 1 amide bonds. The van der Waals surface area contributed by atoms with Crippen LogP contribution in [0.4, 0.5) is 14.5 Å². The molecule has 0 unspecified atom stereocenters. The van der Waals surface area contributed by atoms with Gasteiger partial charge >= 0.3 is 0 Å². The fourth-order valence-corrected chi connectivity index (χ4v) is 2.03. The molecule has 102 valence electrons. The first kappa shape index (κ1) is 14.2. The minimum Gasteiger partial charge on any atom is -0.450 e. The molecule has 0 saturated heterocycles. The Bertz CT molecular complexity index is 735. The third-order valence-corrected chi connectivity index (χ3v) is 3.09. The largest absolute Gasteiger partial charge is 0.450 e. The Hall–Kier alpha value is -2.20. The van der Waals surface area contributed by atoms with E-state index in [1.165, 1.54) is 13.0 Å². The van der Waals surface area contributed by atoms with Crippen molar-refractivity contribution in [2.45, 2.75) is 6.92 Å².